The molecule has 187 valence electrons. The van der Waals surface area contributed by atoms with Crippen LogP contribution >= 0.6 is 7.81 Å². The van der Waals surface area contributed by atoms with E-state index in [1.807, 2.05) is 0 Å². The molecule has 0 saturated carbocycles. The molecule has 2 aromatic rings. The molecule has 0 aliphatic rings. The molecular weight excluding hydrogens is 531 g/mol. The summed E-state index contributed by atoms with van der Waals surface area (Å²) >= 11 is 0. The molecule has 0 aliphatic carbocycles. The largest absolute Gasteiger partial charge is 0 e. The SMILES string of the molecule is Cc1c(C)c(C)c(C)c(C)c1C.Cc1c(C)c(C)c(C)c(C)c1C.F[P-](F)(F)(F)(F)F.[Tc]. The Labute approximate surface area is 202 Å². The zero-order valence-electron chi connectivity index (χ0n) is 21.1. The van der Waals surface area contributed by atoms with Gasteiger partial charge >= 0.3 is 33.0 Å². The van der Waals surface area contributed by atoms with Crippen LogP contribution in [0.4, 0.5) is 25.2 Å². The van der Waals surface area contributed by atoms with E-state index in [-0.39, 0.29) is 20.1 Å². The molecule has 0 amide bonds. The van der Waals surface area contributed by atoms with E-state index in [9.17, 15) is 25.2 Å². The number of hydrogen-bond acceptors (Lipinski definition) is 0. The van der Waals surface area contributed by atoms with Gasteiger partial charge in [-0.25, -0.2) is 0 Å². The fraction of sp³-hybridized carbons (Fsp3) is 0.500. The van der Waals surface area contributed by atoms with Crippen molar-refractivity contribution in [3.05, 3.63) is 66.8 Å². The van der Waals surface area contributed by atoms with Crippen molar-refractivity contribution in [1.82, 2.24) is 0 Å². The molecule has 0 bridgehead atoms. The molecule has 2 aromatic carbocycles. The Morgan fingerprint density at radius 2 is 0.312 bits per heavy atom. The minimum Gasteiger partial charge on any atom is 0 e. The monoisotopic (exact) mass is 566 g/mol. The molecule has 32 heavy (non-hydrogen) atoms. The molecule has 0 aromatic heterocycles. The maximum atomic E-state index is 9.87. The van der Waals surface area contributed by atoms with Gasteiger partial charge in [-0.2, -0.15) is 0 Å². The fourth-order valence-corrected chi connectivity index (χ4v) is 3.38. The first kappa shape index (κ1) is 33.3. The van der Waals surface area contributed by atoms with Crippen LogP contribution in [0, 0.1) is 83.1 Å². The van der Waals surface area contributed by atoms with Crippen LogP contribution in [0.5, 0.6) is 0 Å². The van der Waals surface area contributed by atoms with E-state index in [0.29, 0.717) is 0 Å². The van der Waals surface area contributed by atoms with E-state index in [2.05, 4.69) is 83.1 Å². The average Bonchev–Trinajstić information content (AvgIpc) is 2.62. The first-order chi connectivity index (χ1) is 13.4. The van der Waals surface area contributed by atoms with Crippen LogP contribution in [0.3, 0.4) is 0 Å². The van der Waals surface area contributed by atoms with Crippen LogP contribution in [0.25, 0.3) is 0 Å². The summed E-state index contributed by atoms with van der Waals surface area (Å²) in [7, 11) is -10.7. The molecule has 0 aliphatic heterocycles. The van der Waals surface area contributed by atoms with Crippen LogP contribution in [0.2, 0.25) is 0 Å². The molecule has 0 saturated heterocycles. The van der Waals surface area contributed by atoms with Crippen molar-refractivity contribution < 1.29 is 45.3 Å². The predicted molar refractivity (Wildman–Crippen MR) is 123 cm³/mol. The third kappa shape index (κ3) is 10.4. The molecular formula is C24H36F6PTc-. The van der Waals surface area contributed by atoms with Gasteiger partial charge in [-0.05, 0) is 150 Å². The molecule has 0 heterocycles. The number of halogens is 6. The van der Waals surface area contributed by atoms with Crippen molar-refractivity contribution in [3.8, 4) is 0 Å². The quantitative estimate of drug-likeness (QED) is 0.220. The van der Waals surface area contributed by atoms with Gasteiger partial charge in [0.15, 0.2) is 0 Å². The summed E-state index contributed by atoms with van der Waals surface area (Å²) in [5.41, 5.74) is 17.5. The Bertz CT molecular complexity index is 702. The molecule has 0 nitrogen and oxygen atoms in total. The molecule has 0 N–H and O–H groups in total. The van der Waals surface area contributed by atoms with Gasteiger partial charge in [0, 0.05) is 20.1 Å². The Hall–Kier alpha value is -0.901. The Balaban J connectivity index is 0. The summed E-state index contributed by atoms with van der Waals surface area (Å²) < 4.78 is 59.2. The first-order valence-corrected chi connectivity index (χ1v) is 12.0. The number of rotatable bonds is 0. The van der Waals surface area contributed by atoms with E-state index >= 15 is 0 Å². The van der Waals surface area contributed by atoms with Crippen molar-refractivity contribution in [2.45, 2.75) is 83.1 Å². The Kier molecular flexibility index (Phi) is 10.6. The van der Waals surface area contributed by atoms with Crippen molar-refractivity contribution in [3.63, 3.8) is 0 Å². The van der Waals surface area contributed by atoms with Crippen LogP contribution < -0.4 is 0 Å². The van der Waals surface area contributed by atoms with Gasteiger partial charge in [-0.15, -0.1) is 0 Å². The third-order valence-corrected chi connectivity index (χ3v) is 6.75. The summed E-state index contributed by atoms with van der Waals surface area (Å²) in [5, 5.41) is 0. The molecule has 0 atom stereocenters. The van der Waals surface area contributed by atoms with Crippen LogP contribution in [0.1, 0.15) is 66.8 Å². The maximum Gasteiger partial charge on any atom is 0 e. The summed E-state index contributed by atoms with van der Waals surface area (Å²) in [4.78, 5) is 0. The molecule has 0 fully saturated rings. The van der Waals surface area contributed by atoms with Crippen LogP contribution in [-0.2, 0) is 20.1 Å². The van der Waals surface area contributed by atoms with Gasteiger partial charge in [-0.1, -0.05) is 0 Å². The second kappa shape index (κ2) is 10.2. The van der Waals surface area contributed by atoms with E-state index < -0.39 is 7.81 Å². The molecule has 8 heteroatoms. The van der Waals surface area contributed by atoms with Gasteiger partial charge in [0.25, 0.3) is 0 Å². The minimum absolute atomic E-state index is 0. The van der Waals surface area contributed by atoms with Gasteiger partial charge in [0.2, 0.25) is 0 Å². The standard InChI is InChI=1S/2C12H18.F6P.Tc/c2*1-7-8(2)10(4)12(6)11(5)9(7)3;1-7(2,3,4,5)6;/h2*1-6H3;;/q;;-1;. The van der Waals surface area contributed by atoms with E-state index in [1.165, 1.54) is 66.8 Å². The second-order valence-corrected chi connectivity index (χ2v) is 10.4. The van der Waals surface area contributed by atoms with Crippen LogP contribution in [-0.4, -0.2) is 0 Å². The average molecular weight is 568 g/mol. The molecule has 2 rings (SSSR count). The second-order valence-electron chi connectivity index (χ2n) is 8.46. The maximum absolute atomic E-state index is 10.7. The summed E-state index contributed by atoms with van der Waals surface area (Å²) in [6, 6.07) is 0. The fourth-order valence-electron chi connectivity index (χ4n) is 3.38. The van der Waals surface area contributed by atoms with Crippen molar-refractivity contribution in [1.29, 1.82) is 0 Å². The minimum atomic E-state index is -10.7. The van der Waals surface area contributed by atoms with Crippen LogP contribution in [0.15, 0.2) is 0 Å². The van der Waals surface area contributed by atoms with E-state index in [0.717, 1.165) is 0 Å². The van der Waals surface area contributed by atoms with Crippen molar-refractivity contribution in [2.75, 3.05) is 0 Å². The van der Waals surface area contributed by atoms with Crippen molar-refractivity contribution in [2.24, 2.45) is 0 Å². The van der Waals surface area contributed by atoms with E-state index in [4.69, 9.17) is 0 Å². The van der Waals surface area contributed by atoms with Gasteiger partial charge in [0.1, 0.15) is 0 Å². The van der Waals surface area contributed by atoms with E-state index in [1.54, 1.807) is 0 Å². The zero-order valence-corrected chi connectivity index (χ0v) is 23.8. The predicted octanol–water partition coefficient (Wildman–Crippen LogP) is 10.5. The summed E-state index contributed by atoms with van der Waals surface area (Å²) in [6.45, 7) is 26.5. The first-order valence-electron chi connectivity index (χ1n) is 10.0. The zero-order chi connectivity index (χ0) is 25.3. The third-order valence-electron chi connectivity index (χ3n) is 6.75. The van der Waals surface area contributed by atoms with Gasteiger partial charge < -0.3 is 0 Å². The normalized spacial score (nSPS) is 12.9. The van der Waals surface area contributed by atoms with Crippen molar-refractivity contribution >= 4 is 7.81 Å². The summed E-state index contributed by atoms with van der Waals surface area (Å²) in [5.74, 6) is 0. The Morgan fingerprint density at radius 1 is 0.281 bits per heavy atom. The summed E-state index contributed by atoms with van der Waals surface area (Å²) in [6.07, 6.45) is 0. The number of benzene rings is 2. The molecule has 1 radical (unpaired) electrons. The van der Waals surface area contributed by atoms with Gasteiger partial charge in [-0.3, -0.25) is 0 Å². The topological polar surface area (TPSA) is 0 Å². The Morgan fingerprint density at radius 3 is 0.344 bits per heavy atom. The number of hydrogen-bond donors (Lipinski definition) is 0. The van der Waals surface area contributed by atoms with Gasteiger partial charge in [0.05, 0.1) is 0 Å². The molecule has 0 spiro atoms. The molecule has 0 unspecified atom stereocenters. The smallest absolute Gasteiger partial charge is 0 e.